The first-order valence-electron chi connectivity index (χ1n) is 5.36. The molecule has 0 fully saturated rings. The van der Waals surface area contributed by atoms with Crippen LogP contribution in [-0.4, -0.2) is 26.4 Å². The van der Waals surface area contributed by atoms with Crippen LogP contribution in [0.4, 0.5) is 13.2 Å². The molecule has 104 valence electrons. The number of halogens is 3. The van der Waals surface area contributed by atoms with Crippen molar-refractivity contribution in [3.8, 4) is 0 Å². The Morgan fingerprint density at radius 2 is 1.68 bits per heavy atom. The zero-order valence-corrected chi connectivity index (χ0v) is 10.5. The van der Waals surface area contributed by atoms with E-state index in [1.54, 1.807) is 30.3 Å². The van der Waals surface area contributed by atoms with E-state index in [1.807, 2.05) is 0 Å². The van der Waals surface area contributed by atoms with Gasteiger partial charge in [-0.25, -0.2) is 4.79 Å². The van der Waals surface area contributed by atoms with Gasteiger partial charge in [0, 0.05) is 6.42 Å². The lowest BCUT2D eigenvalue weighted by molar-refractivity contribution is -0.142. The first kappa shape index (κ1) is 15.1. The van der Waals surface area contributed by atoms with Gasteiger partial charge >= 0.3 is 12.1 Å². The molecule has 0 bridgehead atoms. The van der Waals surface area contributed by atoms with Crippen molar-refractivity contribution < 1.29 is 27.4 Å². The van der Waals surface area contributed by atoms with E-state index < -0.39 is 23.5 Å². The molecule has 0 amide bonds. The number of hydrogen-bond donors (Lipinski definition) is 0. The van der Waals surface area contributed by atoms with E-state index in [1.165, 1.54) is 0 Å². The summed E-state index contributed by atoms with van der Waals surface area (Å²) in [5.74, 6) is -2.39. The molecule has 0 spiro atoms. The highest BCUT2D eigenvalue weighted by atomic mass is 19.4. The largest absolute Gasteiger partial charge is 0.492 e. The van der Waals surface area contributed by atoms with Gasteiger partial charge in [-0.3, -0.25) is 0 Å². The summed E-state index contributed by atoms with van der Waals surface area (Å²) in [7, 11) is 1.90. The Labute approximate surface area is 108 Å². The molecular formula is C13H13F3O3. The summed E-state index contributed by atoms with van der Waals surface area (Å²) >= 11 is 0. The van der Waals surface area contributed by atoms with Crippen molar-refractivity contribution in [1.82, 2.24) is 0 Å². The van der Waals surface area contributed by atoms with E-state index in [0.717, 1.165) is 14.2 Å². The second-order valence-electron chi connectivity index (χ2n) is 3.66. The zero-order valence-electron chi connectivity index (χ0n) is 10.5. The van der Waals surface area contributed by atoms with Crippen molar-refractivity contribution in [1.29, 1.82) is 0 Å². The third kappa shape index (κ3) is 4.01. The summed E-state index contributed by atoms with van der Waals surface area (Å²) < 4.78 is 47.0. The van der Waals surface area contributed by atoms with Crippen LogP contribution in [0, 0.1) is 0 Å². The number of benzene rings is 1. The second kappa shape index (κ2) is 6.26. The minimum Gasteiger partial charge on any atom is -0.492 e. The van der Waals surface area contributed by atoms with Gasteiger partial charge < -0.3 is 9.47 Å². The molecule has 3 nitrogen and oxygen atoms in total. The van der Waals surface area contributed by atoms with E-state index in [0.29, 0.717) is 5.56 Å². The van der Waals surface area contributed by atoms with Gasteiger partial charge in [-0.15, -0.1) is 0 Å². The lowest BCUT2D eigenvalue weighted by Gasteiger charge is -2.15. The molecule has 0 aromatic heterocycles. The highest BCUT2D eigenvalue weighted by Crippen LogP contribution is 2.30. The van der Waals surface area contributed by atoms with Crippen molar-refractivity contribution in [2.45, 2.75) is 12.6 Å². The first-order valence-corrected chi connectivity index (χ1v) is 5.36. The summed E-state index contributed by atoms with van der Waals surface area (Å²) in [6.45, 7) is 0. The molecule has 19 heavy (non-hydrogen) atoms. The Morgan fingerprint density at radius 3 is 2.11 bits per heavy atom. The lowest BCUT2D eigenvalue weighted by Crippen LogP contribution is -2.21. The summed E-state index contributed by atoms with van der Waals surface area (Å²) in [4.78, 5) is 11.5. The summed E-state index contributed by atoms with van der Waals surface area (Å²) in [5.41, 5.74) is 0.00500. The summed E-state index contributed by atoms with van der Waals surface area (Å²) in [5, 5.41) is 0. The van der Waals surface area contributed by atoms with Crippen molar-refractivity contribution in [3.63, 3.8) is 0 Å². The SMILES string of the molecule is COC(=O)/C(Cc1ccccc1)=C(/OC)C(F)(F)F. The molecule has 0 N–H and O–H groups in total. The van der Waals surface area contributed by atoms with Crippen LogP contribution in [0.2, 0.25) is 0 Å². The Morgan fingerprint density at radius 1 is 1.11 bits per heavy atom. The molecule has 0 aliphatic heterocycles. The predicted octanol–water partition coefficient (Wildman–Crippen LogP) is 2.86. The molecule has 1 aromatic rings. The Hall–Kier alpha value is -1.98. The number of ether oxygens (including phenoxy) is 2. The van der Waals surface area contributed by atoms with E-state index in [2.05, 4.69) is 9.47 Å². The number of methoxy groups -OCH3 is 2. The van der Waals surface area contributed by atoms with Gasteiger partial charge in [0.05, 0.1) is 19.8 Å². The summed E-state index contributed by atoms with van der Waals surface area (Å²) in [6.07, 6.45) is -4.96. The van der Waals surface area contributed by atoms with Crippen LogP contribution in [0.15, 0.2) is 41.7 Å². The molecule has 0 unspecified atom stereocenters. The maximum Gasteiger partial charge on any atom is 0.449 e. The lowest BCUT2D eigenvalue weighted by atomic mass is 10.0. The number of alkyl halides is 3. The molecule has 0 radical (unpaired) electrons. The fraction of sp³-hybridized carbons (Fsp3) is 0.308. The molecule has 0 saturated heterocycles. The Bertz CT molecular complexity index is 464. The molecule has 1 rings (SSSR count). The van der Waals surface area contributed by atoms with Gasteiger partial charge in [-0.05, 0) is 5.56 Å². The van der Waals surface area contributed by atoms with Gasteiger partial charge in [0.1, 0.15) is 0 Å². The molecule has 1 aromatic carbocycles. The van der Waals surface area contributed by atoms with Crippen molar-refractivity contribution in [2.75, 3.05) is 14.2 Å². The van der Waals surface area contributed by atoms with Crippen LogP contribution in [0.1, 0.15) is 5.56 Å². The van der Waals surface area contributed by atoms with E-state index in [9.17, 15) is 18.0 Å². The average molecular weight is 274 g/mol. The normalized spacial score (nSPS) is 12.7. The van der Waals surface area contributed by atoms with Crippen LogP contribution in [-0.2, 0) is 20.7 Å². The number of allylic oxidation sites excluding steroid dienone is 1. The Balaban J connectivity index is 3.22. The number of carbonyl (C=O) groups excluding carboxylic acids is 1. The standard InChI is InChI=1S/C13H13F3O3/c1-18-11(13(14,15)16)10(12(17)19-2)8-9-6-4-3-5-7-9/h3-7H,8H2,1-2H3/b11-10+. The van der Waals surface area contributed by atoms with E-state index >= 15 is 0 Å². The molecule has 0 aliphatic carbocycles. The van der Waals surface area contributed by atoms with Gasteiger partial charge in [0.25, 0.3) is 0 Å². The maximum atomic E-state index is 12.8. The minimum atomic E-state index is -4.74. The van der Waals surface area contributed by atoms with Crippen molar-refractivity contribution in [3.05, 3.63) is 47.2 Å². The Kier molecular flexibility index (Phi) is 4.97. The number of esters is 1. The van der Waals surface area contributed by atoms with E-state index in [-0.39, 0.29) is 6.42 Å². The smallest absolute Gasteiger partial charge is 0.449 e. The zero-order chi connectivity index (χ0) is 14.5. The van der Waals surface area contributed by atoms with Crippen LogP contribution < -0.4 is 0 Å². The molecule has 0 atom stereocenters. The monoisotopic (exact) mass is 274 g/mol. The maximum absolute atomic E-state index is 12.8. The number of carbonyl (C=O) groups is 1. The molecule has 0 saturated carbocycles. The van der Waals surface area contributed by atoms with Crippen LogP contribution >= 0.6 is 0 Å². The van der Waals surface area contributed by atoms with Crippen LogP contribution in [0.5, 0.6) is 0 Å². The topological polar surface area (TPSA) is 35.5 Å². The van der Waals surface area contributed by atoms with Gasteiger partial charge in [0.2, 0.25) is 5.76 Å². The number of hydrogen-bond acceptors (Lipinski definition) is 3. The predicted molar refractivity (Wildman–Crippen MR) is 62.3 cm³/mol. The molecular weight excluding hydrogens is 261 g/mol. The van der Waals surface area contributed by atoms with E-state index in [4.69, 9.17) is 0 Å². The average Bonchev–Trinajstić information content (AvgIpc) is 2.37. The third-order valence-electron chi connectivity index (χ3n) is 2.39. The fourth-order valence-electron chi connectivity index (χ4n) is 1.58. The third-order valence-corrected chi connectivity index (χ3v) is 2.39. The highest BCUT2D eigenvalue weighted by molar-refractivity contribution is 5.89. The van der Waals surface area contributed by atoms with Crippen molar-refractivity contribution in [2.24, 2.45) is 0 Å². The highest BCUT2D eigenvalue weighted by Gasteiger charge is 2.40. The minimum absolute atomic E-state index is 0.212. The molecule has 0 aliphatic rings. The summed E-state index contributed by atoms with van der Waals surface area (Å²) in [6, 6.07) is 8.31. The van der Waals surface area contributed by atoms with Crippen molar-refractivity contribution >= 4 is 5.97 Å². The van der Waals surface area contributed by atoms with Crippen LogP contribution in [0.3, 0.4) is 0 Å². The second-order valence-corrected chi connectivity index (χ2v) is 3.66. The quantitative estimate of drug-likeness (QED) is 0.481. The number of rotatable bonds is 4. The van der Waals surface area contributed by atoms with Gasteiger partial charge in [-0.2, -0.15) is 13.2 Å². The fourth-order valence-corrected chi connectivity index (χ4v) is 1.58. The van der Waals surface area contributed by atoms with Crippen LogP contribution in [0.25, 0.3) is 0 Å². The molecule has 6 heteroatoms. The molecule has 0 heterocycles. The van der Waals surface area contributed by atoms with Gasteiger partial charge in [-0.1, -0.05) is 30.3 Å². The first-order chi connectivity index (χ1) is 8.90. The van der Waals surface area contributed by atoms with Gasteiger partial charge in [0.15, 0.2) is 0 Å².